The molecule has 2 N–H and O–H groups in total. The summed E-state index contributed by atoms with van der Waals surface area (Å²) in [5.74, 6) is 0. The highest BCUT2D eigenvalue weighted by Gasteiger charge is 2.30. The van der Waals surface area contributed by atoms with Gasteiger partial charge in [0, 0.05) is 18.6 Å². The van der Waals surface area contributed by atoms with E-state index in [0.29, 0.717) is 13.1 Å². The summed E-state index contributed by atoms with van der Waals surface area (Å²) in [6.45, 7) is 8.15. The topological polar surface area (TPSA) is 29.3 Å². The van der Waals surface area contributed by atoms with E-state index in [-0.39, 0.29) is 5.54 Å². The average molecular weight is 288 g/mol. The molecule has 1 rings (SSSR count). The Bertz CT molecular complexity index is 410. The third kappa shape index (κ3) is 4.49. The minimum atomic E-state index is -4.28. The van der Waals surface area contributed by atoms with Gasteiger partial charge in [0.1, 0.15) is 0 Å². The first-order valence-corrected chi connectivity index (χ1v) is 6.82. The van der Waals surface area contributed by atoms with Gasteiger partial charge in [-0.2, -0.15) is 13.2 Å². The second kappa shape index (κ2) is 6.59. The Labute approximate surface area is 118 Å². The Hall–Kier alpha value is -1.07. The van der Waals surface area contributed by atoms with Crippen LogP contribution < -0.4 is 5.73 Å². The molecule has 0 aromatic heterocycles. The zero-order chi connectivity index (χ0) is 15.4. The van der Waals surface area contributed by atoms with Crippen LogP contribution in [0.5, 0.6) is 0 Å². The summed E-state index contributed by atoms with van der Waals surface area (Å²) < 4.78 is 37.6. The second-order valence-electron chi connectivity index (χ2n) is 5.63. The van der Waals surface area contributed by atoms with E-state index in [9.17, 15) is 13.2 Å². The number of hydrogen-bond acceptors (Lipinski definition) is 2. The maximum atomic E-state index is 12.5. The smallest absolute Gasteiger partial charge is 0.329 e. The van der Waals surface area contributed by atoms with Crippen molar-refractivity contribution in [1.29, 1.82) is 0 Å². The molecule has 0 atom stereocenters. The predicted octanol–water partition coefficient (Wildman–Crippen LogP) is 3.65. The first-order valence-electron chi connectivity index (χ1n) is 6.82. The van der Waals surface area contributed by atoms with E-state index in [1.54, 1.807) is 0 Å². The molecule has 20 heavy (non-hydrogen) atoms. The van der Waals surface area contributed by atoms with Gasteiger partial charge in [-0.1, -0.05) is 19.1 Å². The lowest BCUT2D eigenvalue weighted by Gasteiger charge is -2.37. The van der Waals surface area contributed by atoms with Crippen LogP contribution in [-0.4, -0.2) is 23.5 Å². The number of nitrogens with two attached hydrogens (primary N) is 1. The molecule has 1 aromatic rings. The van der Waals surface area contributed by atoms with E-state index >= 15 is 0 Å². The van der Waals surface area contributed by atoms with Crippen LogP contribution in [0, 0.1) is 0 Å². The molecule has 114 valence electrons. The second-order valence-corrected chi connectivity index (χ2v) is 5.63. The normalized spacial score (nSPS) is 13.0. The predicted molar refractivity (Wildman–Crippen MR) is 75.3 cm³/mol. The molecule has 0 saturated heterocycles. The third-order valence-electron chi connectivity index (χ3n) is 3.50. The summed E-state index contributed by atoms with van der Waals surface area (Å²) in [4.78, 5) is 2.20. The molecule has 5 heteroatoms. The lowest BCUT2D eigenvalue weighted by molar-refractivity contribution is -0.137. The molecule has 0 fully saturated rings. The van der Waals surface area contributed by atoms with Crippen LogP contribution in [0.3, 0.4) is 0 Å². The van der Waals surface area contributed by atoms with Crippen LogP contribution in [0.25, 0.3) is 0 Å². The first-order chi connectivity index (χ1) is 9.20. The maximum Gasteiger partial charge on any atom is 0.416 e. The highest BCUT2D eigenvalue weighted by atomic mass is 19.4. The quantitative estimate of drug-likeness (QED) is 0.865. The monoisotopic (exact) mass is 288 g/mol. The molecule has 0 amide bonds. The van der Waals surface area contributed by atoms with Gasteiger partial charge in [0.15, 0.2) is 0 Å². The minimum Gasteiger partial charge on any atom is -0.329 e. The van der Waals surface area contributed by atoms with E-state index in [2.05, 4.69) is 11.8 Å². The molecule has 0 radical (unpaired) electrons. The van der Waals surface area contributed by atoms with Crippen LogP contribution in [0.4, 0.5) is 13.2 Å². The van der Waals surface area contributed by atoms with Crippen molar-refractivity contribution in [3.63, 3.8) is 0 Å². The SMILES string of the molecule is CCCN(Cc1ccc(C(F)(F)F)cc1)C(C)(C)CN. The maximum absolute atomic E-state index is 12.5. The minimum absolute atomic E-state index is 0.168. The number of alkyl halides is 3. The Morgan fingerprint density at radius 3 is 2.05 bits per heavy atom. The van der Waals surface area contributed by atoms with Crippen molar-refractivity contribution >= 4 is 0 Å². The Kier molecular flexibility index (Phi) is 5.59. The lowest BCUT2D eigenvalue weighted by atomic mass is 10.0. The highest BCUT2D eigenvalue weighted by molar-refractivity contribution is 5.24. The summed E-state index contributed by atoms with van der Waals surface area (Å²) in [5.41, 5.74) is 5.87. The van der Waals surface area contributed by atoms with Gasteiger partial charge in [0.2, 0.25) is 0 Å². The Morgan fingerprint density at radius 2 is 1.65 bits per heavy atom. The third-order valence-corrected chi connectivity index (χ3v) is 3.50. The number of halogens is 3. The van der Waals surface area contributed by atoms with Gasteiger partial charge in [-0.25, -0.2) is 0 Å². The number of nitrogens with zero attached hydrogens (tertiary/aromatic N) is 1. The van der Waals surface area contributed by atoms with Crippen LogP contribution in [0.15, 0.2) is 24.3 Å². The van der Waals surface area contributed by atoms with Gasteiger partial charge in [-0.3, -0.25) is 4.90 Å². The van der Waals surface area contributed by atoms with Crippen LogP contribution in [0.1, 0.15) is 38.3 Å². The standard InChI is InChI=1S/C15H23F3N2/c1-4-9-20(14(2,3)11-19)10-12-5-7-13(8-6-12)15(16,17)18/h5-8H,4,9-11,19H2,1-3H3. The molecule has 0 aliphatic rings. The molecule has 0 bridgehead atoms. The highest BCUT2D eigenvalue weighted by Crippen LogP contribution is 2.29. The van der Waals surface area contributed by atoms with Crippen LogP contribution in [-0.2, 0) is 12.7 Å². The zero-order valence-corrected chi connectivity index (χ0v) is 12.3. The van der Waals surface area contributed by atoms with Crippen LogP contribution in [0.2, 0.25) is 0 Å². The Morgan fingerprint density at radius 1 is 1.10 bits per heavy atom. The summed E-state index contributed by atoms with van der Waals surface area (Å²) in [6, 6.07) is 5.35. The van der Waals surface area contributed by atoms with E-state index in [1.165, 1.54) is 12.1 Å². The largest absolute Gasteiger partial charge is 0.416 e. The van der Waals surface area contributed by atoms with Crippen molar-refractivity contribution in [1.82, 2.24) is 4.90 Å². The van der Waals surface area contributed by atoms with Crippen molar-refractivity contribution in [2.75, 3.05) is 13.1 Å². The fraction of sp³-hybridized carbons (Fsp3) is 0.600. The molecule has 0 aliphatic carbocycles. The van der Waals surface area contributed by atoms with E-state index in [4.69, 9.17) is 5.73 Å². The number of benzene rings is 1. The van der Waals surface area contributed by atoms with Crippen molar-refractivity contribution in [2.24, 2.45) is 5.73 Å². The van der Waals surface area contributed by atoms with Crippen LogP contribution >= 0.6 is 0 Å². The number of rotatable bonds is 6. The first kappa shape index (κ1) is 17.0. The fourth-order valence-electron chi connectivity index (χ4n) is 2.01. The van der Waals surface area contributed by atoms with Gasteiger partial charge in [-0.05, 0) is 44.5 Å². The van der Waals surface area contributed by atoms with Gasteiger partial charge in [0.25, 0.3) is 0 Å². The fourth-order valence-corrected chi connectivity index (χ4v) is 2.01. The molecule has 0 unspecified atom stereocenters. The molecule has 2 nitrogen and oxygen atoms in total. The average Bonchev–Trinajstić information content (AvgIpc) is 2.38. The van der Waals surface area contributed by atoms with Gasteiger partial charge in [0.05, 0.1) is 5.56 Å². The zero-order valence-electron chi connectivity index (χ0n) is 12.3. The van der Waals surface area contributed by atoms with Crippen molar-refractivity contribution in [3.8, 4) is 0 Å². The van der Waals surface area contributed by atoms with E-state index in [0.717, 1.165) is 30.7 Å². The molecule has 0 saturated carbocycles. The number of hydrogen-bond donors (Lipinski definition) is 1. The molecule has 1 aromatic carbocycles. The molecular formula is C15H23F3N2. The van der Waals surface area contributed by atoms with Gasteiger partial charge in [-0.15, -0.1) is 0 Å². The van der Waals surface area contributed by atoms with E-state index in [1.807, 2.05) is 13.8 Å². The van der Waals surface area contributed by atoms with E-state index < -0.39 is 11.7 Å². The van der Waals surface area contributed by atoms with Crippen molar-refractivity contribution in [2.45, 2.75) is 45.5 Å². The molecule has 0 aliphatic heterocycles. The summed E-state index contributed by atoms with van der Waals surface area (Å²) in [6.07, 6.45) is -3.30. The Balaban J connectivity index is 2.84. The lowest BCUT2D eigenvalue weighted by Crippen LogP contribution is -2.49. The summed E-state index contributed by atoms with van der Waals surface area (Å²) >= 11 is 0. The van der Waals surface area contributed by atoms with Crippen molar-refractivity contribution < 1.29 is 13.2 Å². The molecule has 0 spiro atoms. The van der Waals surface area contributed by atoms with Crippen molar-refractivity contribution in [3.05, 3.63) is 35.4 Å². The van der Waals surface area contributed by atoms with Gasteiger partial charge >= 0.3 is 6.18 Å². The summed E-state index contributed by atoms with van der Waals surface area (Å²) in [5, 5.41) is 0. The molecular weight excluding hydrogens is 265 g/mol. The summed E-state index contributed by atoms with van der Waals surface area (Å²) in [7, 11) is 0. The molecule has 0 heterocycles. The van der Waals surface area contributed by atoms with Gasteiger partial charge < -0.3 is 5.73 Å².